The molecule has 1 aliphatic heterocycles. The van der Waals surface area contributed by atoms with Crippen molar-refractivity contribution >= 4 is 29.5 Å². The van der Waals surface area contributed by atoms with Gasteiger partial charge in [-0.25, -0.2) is 0 Å². The molecule has 1 rings (SSSR count). The lowest BCUT2D eigenvalue weighted by molar-refractivity contribution is -0.152. The lowest BCUT2D eigenvalue weighted by Crippen LogP contribution is -2.31. The van der Waals surface area contributed by atoms with Crippen molar-refractivity contribution in [1.82, 2.24) is 0 Å². The average Bonchev–Trinajstić information content (AvgIpc) is 2.25. The Hall–Kier alpha value is 0.170. The quantitative estimate of drug-likeness (QED) is 0.730. The van der Waals surface area contributed by atoms with E-state index in [-0.39, 0.29) is 22.7 Å². The third-order valence-corrected chi connectivity index (χ3v) is 5.55. The van der Waals surface area contributed by atoms with Crippen molar-refractivity contribution < 1.29 is 9.53 Å². The molecular formula is C14H26O2S2. The van der Waals surface area contributed by atoms with E-state index in [0.29, 0.717) is 5.92 Å². The Morgan fingerprint density at radius 1 is 1.33 bits per heavy atom. The van der Waals surface area contributed by atoms with Gasteiger partial charge in [0.05, 0.1) is 5.92 Å². The number of rotatable bonds is 4. The van der Waals surface area contributed by atoms with Gasteiger partial charge in [0.15, 0.2) is 5.44 Å². The molecule has 0 radical (unpaired) electrons. The maximum Gasteiger partial charge on any atom is 0.310 e. The molecule has 0 aromatic carbocycles. The van der Waals surface area contributed by atoms with Crippen molar-refractivity contribution in [3.63, 3.8) is 0 Å². The van der Waals surface area contributed by atoms with E-state index in [1.165, 1.54) is 5.75 Å². The van der Waals surface area contributed by atoms with Crippen LogP contribution in [-0.2, 0) is 9.53 Å². The molecule has 1 fully saturated rings. The zero-order valence-electron chi connectivity index (χ0n) is 12.2. The molecule has 0 saturated carbocycles. The van der Waals surface area contributed by atoms with Crippen LogP contribution in [0.3, 0.4) is 0 Å². The van der Waals surface area contributed by atoms with Gasteiger partial charge >= 0.3 is 5.97 Å². The lowest BCUT2D eigenvalue weighted by atomic mass is 9.80. The molecule has 2 atom stereocenters. The van der Waals surface area contributed by atoms with E-state index >= 15 is 0 Å². The second kappa shape index (κ2) is 7.09. The third kappa shape index (κ3) is 5.87. The fraction of sp³-hybridized carbons (Fsp3) is 0.929. The summed E-state index contributed by atoms with van der Waals surface area (Å²) < 4.78 is 5.66. The summed E-state index contributed by atoms with van der Waals surface area (Å²) in [6, 6.07) is 0. The van der Waals surface area contributed by atoms with E-state index in [1.54, 1.807) is 11.8 Å². The highest BCUT2D eigenvalue weighted by atomic mass is 32.2. The molecule has 4 heteroatoms. The summed E-state index contributed by atoms with van der Waals surface area (Å²) in [6.07, 6.45) is 0.897. The summed E-state index contributed by atoms with van der Waals surface area (Å²) in [4.78, 5) is 12.3. The molecule has 0 aromatic heterocycles. The summed E-state index contributed by atoms with van der Waals surface area (Å²) in [7, 11) is 0. The molecular weight excluding hydrogens is 264 g/mol. The average molecular weight is 290 g/mol. The van der Waals surface area contributed by atoms with Gasteiger partial charge in [0.1, 0.15) is 0 Å². The van der Waals surface area contributed by atoms with Gasteiger partial charge in [0.2, 0.25) is 0 Å². The Morgan fingerprint density at radius 2 is 2.00 bits per heavy atom. The van der Waals surface area contributed by atoms with Gasteiger partial charge in [0, 0.05) is 17.3 Å². The Labute approximate surface area is 120 Å². The minimum Gasteiger partial charge on any atom is -0.450 e. The topological polar surface area (TPSA) is 26.3 Å². The van der Waals surface area contributed by atoms with E-state index in [1.807, 2.05) is 11.8 Å². The van der Waals surface area contributed by atoms with E-state index in [9.17, 15) is 4.79 Å². The third-order valence-electron chi connectivity index (χ3n) is 2.97. The molecule has 106 valence electrons. The van der Waals surface area contributed by atoms with Crippen LogP contribution in [0.25, 0.3) is 0 Å². The Morgan fingerprint density at radius 3 is 2.44 bits per heavy atom. The number of hydrogen-bond donors (Lipinski definition) is 0. The maximum absolute atomic E-state index is 12.3. The number of carbonyl (C=O) groups is 1. The van der Waals surface area contributed by atoms with Crippen LogP contribution >= 0.6 is 23.5 Å². The number of carbonyl (C=O) groups excluding carboxylic acids is 1. The Bertz CT molecular complexity index is 265. The molecule has 0 aliphatic carbocycles. The standard InChI is InChI=1S/C14H26O2S2/c1-10(2)11(8-14(3,4)5)13(15)16-12-9-17-6-7-18-12/h10-12H,6-9H2,1-5H3. The van der Waals surface area contributed by atoms with E-state index in [4.69, 9.17) is 4.74 Å². The minimum absolute atomic E-state index is 0.0000694. The van der Waals surface area contributed by atoms with Crippen molar-refractivity contribution in [2.75, 3.05) is 17.3 Å². The molecule has 1 aliphatic rings. The molecule has 0 N–H and O–H groups in total. The molecule has 18 heavy (non-hydrogen) atoms. The normalized spacial score (nSPS) is 22.9. The number of hydrogen-bond acceptors (Lipinski definition) is 4. The monoisotopic (exact) mass is 290 g/mol. The fourth-order valence-corrected chi connectivity index (χ4v) is 4.38. The predicted molar refractivity (Wildman–Crippen MR) is 82.1 cm³/mol. The van der Waals surface area contributed by atoms with E-state index in [0.717, 1.165) is 17.9 Å². The molecule has 0 spiro atoms. The van der Waals surface area contributed by atoms with Crippen LogP contribution in [-0.4, -0.2) is 28.7 Å². The summed E-state index contributed by atoms with van der Waals surface area (Å²) >= 11 is 3.65. The van der Waals surface area contributed by atoms with Gasteiger partial charge in [-0.05, 0) is 17.8 Å². The SMILES string of the molecule is CC(C)C(CC(C)(C)C)C(=O)OC1CSCCS1. The van der Waals surface area contributed by atoms with Crippen LogP contribution in [0.4, 0.5) is 0 Å². The van der Waals surface area contributed by atoms with Crippen molar-refractivity contribution in [1.29, 1.82) is 0 Å². The van der Waals surface area contributed by atoms with Crippen LogP contribution in [0.2, 0.25) is 0 Å². The summed E-state index contributed by atoms with van der Waals surface area (Å²) in [5, 5.41) is 0. The first-order valence-electron chi connectivity index (χ1n) is 6.69. The predicted octanol–water partition coefficient (Wildman–Crippen LogP) is 4.04. The van der Waals surface area contributed by atoms with Crippen LogP contribution < -0.4 is 0 Å². The van der Waals surface area contributed by atoms with Gasteiger partial charge in [-0.15, -0.1) is 11.8 Å². The summed E-state index contributed by atoms with van der Waals surface area (Å²) in [5.41, 5.74) is 0.236. The van der Waals surface area contributed by atoms with E-state index in [2.05, 4.69) is 34.6 Å². The smallest absolute Gasteiger partial charge is 0.310 e. The Balaban J connectivity index is 2.53. The summed E-state index contributed by atoms with van der Waals surface area (Å²) in [5.74, 6) is 3.58. The molecule has 1 heterocycles. The van der Waals surface area contributed by atoms with Gasteiger partial charge in [-0.2, -0.15) is 11.8 Å². The second-order valence-electron chi connectivity index (χ2n) is 6.43. The first-order valence-corrected chi connectivity index (χ1v) is 8.90. The van der Waals surface area contributed by atoms with Gasteiger partial charge in [-0.3, -0.25) is 4.79 Å². The molecule has 0 aromatic rings. The van der Waals surface area contributed by atoms with E-state index < -0.39 is 0 Å². The van der Waals surface area contributed by atoms with Crippen LogP contribution in [0, 0.1) is 17.3 Å². The number of ether oxygens (including phenoxy) is 1. The highest BCUT2D eigenvalue weighted by Crippen LogP contribution is 2.32. The summed E-state index contributed by atoms with van der Waals surface area (Å²) in [6.45, 7) is 10.8. The fourth-order valence-electron chi connectivity index (χ4n) is 2.00. The largest absolute Gasteiger partial charge is 0.450 e. The lowest BCUT2D eigenvalue weighted by Gasteiger charge is -2.29. The van der Waals surface area contributed by atoms with Crippen LogP contribution in [0.15, 0.2) is 0 Å². The highest BCUT2D eigenvalue weighted by Gasteiger charge is 2.31. The number of thioether (sulfide) groups is 2. The number of esters is 1. The van der Waals surface area contributed by atoms with Crippen LogP contribution in [0.5, 0.6) is 0 Å². The van der Waals surface area contributed by atoms with Gasteiger partial charge in [0.25, 0.3) is 0 Å². The first kappa shape index (κ1) is 16.2. The molecule has 0 bridgehead atoms. The van der Waals surface area contributed by atoms with Crippen LogP contribution in [0.1, 0.15) is 41.0 Å². The van der Waals surface area contributed by atoms with Crippen molar-refractivity contribution in [3.05, 3.63) is 0 Å². The minimum atomic E-state index is -0.0000694. The Kier molecular flexibility index (Phi) is 6.39. The molecule has 0 amide bonds. The zero-order chi connectivity index (χ0) is 13.8. The molecule has 1 saturated heterocycles. The molecule has 2 unspecified atom stereocenters. The second-order valence-corrected chi connectivity index (χ2v) is 8.84. The van der Waals surface area contributed by atoms with Crippen molar-refractivity contribution in [2.45, 2.75) is 46.5 Å². The molecule has 2 nitrogen and oxygen atoms in total. The van der Waals surface area contributed by atoms with Crippen molar-refractivity contribution in [2.24, 2.45) is 17.3 Å². The zero-order valence-corrected chi connectivity index (χ0v) is 13.8. The maximum atomic E-state index is 12.3. The van der Waals surface area contributed by atoms with Crippen molar-refractivity contribution in [3.8, 4) is 0 Å². The van der Waals surface area contributed by atoms with Gasteiger partial charge < -0.3 is 4.74 Å². The van der Waals surface area contributed by atoms with Gasteiger partial charge in [-0.1, -0.05) is 34.6 Å². The highest BCUT2D eigenvalue weighted by molar-refractivity contribution is 8.06. The first-order chi connectivity index (χ1) is 8.29.